The second kappa shape index (κ2) is 7.14. The van der Waals surface area contributed by atoms with Gasteiger partial charge in [0.25, 0.3) is 0 Å². The topological polar surface area (TPSA) is 68.0 Å². The lowest BCUT2D eigenvalue weighted by atomic mass is 9.78. The van der Waals surface area contributed by atoms with Crippen LogP contribution in [-0.4, -0.2) is 22.6 Å². The molecule has 140 valence electrons. The van der Waals surface area contributed by atoms with Gasteiger partial charge in [-0.3, -0.25) is 4.79 Å². The summed E-state index contributed by atoms with van der Waals surface area (Å²) in [5.74, 6) is 3.10. The molecule has 2 aromatic heterocycles. The molecule has 0 aromatic carbocycles. The molecule has 2 heterocycles. The van der Waals surface area contributed by atoms with Crippen molar-refractivity contribution >= 4 is 17.2 Å². The molecule has 2 bridgehead atoms. The minimum atomic E-state index is -0.0146. The van der Waals surface area contributed by atoms with Gasteiger partial charge in [0.05, 0.1) is 16.7 Å². The molecule has 0 spiro atoms. The predicted molar refractivity (Wildman–Crippen MR) is 102 cm³/mol. The first-order valence-corrected chi connectivity index (χ1v) is 10.5. The van der Waals surface area contributed by atoms with E-state index in [1.165, 1.54) is 11.3 Å². The fraction of sp³-hybridized carbons (Fsp3) is 0.650. The number of aryl methyl sites for hydroxylation is 1. The molecule has 0 radical (unpaired) electrons. The molecule has 4 rings (SSSR count). The first-order valence-electron chi connectivity index (χ1n) is 9.71. The summed E-state index contributed by atoms with van der Waals surface area (Å²) < 4.78 is 5.65. The minimum Gasteiger partial charge on any atom is -0.356 e. The summed E-state index contributed by atoms with van der Waals surface area (Å²) in [5, 5.41) is 7.36. The van der Waals surface area contributed by atoms with Gasteiger partial charge in [0.1, 0.15) is 0 Å². The molecule has 2 aromatic rings. The van der Waals surface area contributed by atoms with E-state index >= 15 is 0 Å². The van der Waals surface area contributed by atoms with E-state index < -0.39 is 0 Å². The third-order valence-corrected chi connectivity index (χ3v) is 6.92. The predicted octanol–water partition coefficient (Wildman–Crippen LogP) is 4.40. The van der Waals surface area contributed by atoms with E-state index in [0.29, 0.717) is 29.5 Å². The van der Waals surface area contributed by atoms with Crippen LogP contribution in [0.4, 0.5) is 0 Å². The molecule has 5 nitrogen and oxygen atoms in total. The van der Waals surface area contributed by atoms with Gasteiger partial charge >= 0.3 is 0 Å². The van der Waals surface area contributed by atoms with Crippen LogP contribution in [0.25, 0.3) is 10.7 Å². The Bertz CT molecular complexity index is 782. The number of nitrogens with zero attached hydrogens (tertiary/aromatic N) is 2. The Kier molecular flexibility index (Phi) is 4.86. The Hall–Kier alpha value is -1.69. The fourth-order valence-electron chi connectivity index (χ4n) is 4.65. The van der Waals surface area contributed by atoms with Gasteiger partial charge in [0, 0.05) is 11.4 Å². The molecule has 2 saturated carbocycles. The maximum atomic E-state index is 12.9. The maximum Gasteiger partial charge on any atom is 0.231 e. The molecular formula is C20H27N3O2S. The molecule has 0 aliphatic heterocycles. The quantitative estimate of drug-likeness (QED) is 0.815. The highest BCUT2D eigenvalue weighted by Crippen LogP contribution is 2.56. The largest absolute Gasteiger partial charge is 0.356 e. The van der Waals surface area contributed by atoms with Gasteiger partial charge in [-0.15, -0.1) is 11.3 Å². The third kappa shape index (κ3) is 3.31. The summed E-state index contributed by atoms with van der Waals surface area (Å²) in [4.78, 5) is 19.8. The van der Waals surface area contributed by atoms with Gasteiger partial charge in [-0.05, 0) is 62.5 Å². The van der Waals surface area contributed by atoms with E-state index in [1.54, 1.807) is 11.3 Å². The number of fused-ring (bicyclic) bond motifs is 2. The highest BCUT2D eigenvalue weighted by Gasteiger charge is 2.53. The van der Waals surface area contributed by atoms with E-state index in [1.807, 2.05) is 6.07 Å². The summed E-state index contributed by atoms with van der Waals surface area (Å²) >= 11 is 1.67. The van der Waals surface area contributed by atoms with E-state index in [2.05, 4.69) is 42.3 Å². The van der Waals surface area contributed by atoms with Crippen LogP contribution >= 0.6 is 11.3 Å². The Balaban J connectivity index is 1.52. The molecule has 0 unspecified atom stereocenters. The van der Waals surface area contributed by atoms with Crippen molar-refractivity contribution in [3.63, 3.8) is 0 Å². The second-order valence-corrected chi connectivity index (χ2v) is 9.51. The number of nitrogens with one attached hydrogen (secondary N) is 1. The number of hydrogen-bond donors (Lipinski definition) is 1. The summed E-state index contributed by atoms with van der Waals surface area (Å²) in [7, 11) is 0. The van der Waals surface area contributed by atoms with Crippen LogP contribution in [-0.2, 0) is 4.79 Å². The first kappa shape index (κ1) is 17.7. The molecule has 1 amide bonds. The average molecular weight is 374 g/mol. The SMILES string of the molecule is Cc1ccc(-c2noc([C@H]3[C@@H]4CC[C@@H](C4)[C@@H]3C(=O)NCCC(C)C)n2)s1. The Morgan fingerprint density at radius 1 is 1.35 bits per heavy atom. The van der Waals surface area contributed by atoms with E-state index in [0.717, 1.165) is 30.7 Å². The number of rotatable bonds is 6. The lowest BCUT2D eigenvalue weighted by Crippen LogP contribution is -2.38. The molecule has 6 heteroatoms. The highest BCUT2D eigenvalue weighted by molar-refractivity contribution is 7.15. The van der Waals surface area contributed by atoms with Crippen molar-refractivity contribution in [2.45, 2.75) is 52.4 Å². The fourth-order valence-corrected chi connectivity index (χ4v) is 5.44. The van der Waals surface area contributed by atoms with E-state index in [4.69, 9.17) is 4.52 Å². The molecule has 2 fully saturated rings. The summed E-state index contributed by atoms with van der Waals surface area (Å²) in [6, 6.07) is 4.10. The maximum absolute atomic E-state index is 12.9. The Morgan fingerprint density at radius 2 is 2.15 bits per heavy atom. The van der Waals surface area contributed by atoms with Gasteiger partial charge in [-0.25, -0.2) is 0 Å². The number of thiophene rings is 1. The summed E-state index contributed by atoms with van der Waals surface area (Å²) in [6.45, 7) is 7.18. The first-order chi connectivity index (χ1) is 12.5. The third-order valence-electron chi connectivity index (χ3n) is 5.93. The van der Waals surface area contributed by atoms with Gasteiger partial charge in [0.2, 0.25) is 17.6 Å². The number of aromatic nitrogens is 2. The molecule has 2 aliphatic carbocycles. The summed E-state index contributed by atoms with van der Waals surface area (Å²) in [5.41, 5.74) is 0. The van der Waals surface area contributed by atoms with Crippen LogP contribution in [0.2, 0.25) is 0 Å². The van der Waals surface area contributed by atoms with Crippen molar-refractivity contribution in [1.29, 1.82) is 0 Å². The van der Waals surface area contributed by atoms with Crippen LogP contribution in [0.15, 0.2) is 16.7 Å². The average Bonchev–Trinajstić information content (AvgIpc) is 3.36. The van der Waals surface area contributed by atoms with Crippen molar-refractivity contribution < 1.29 is 9.32 Å². The van der Waals surface area contributed by atoms with Gasteiger partial charge in [0.15, 0.2) is 0 Å². The zero-order chi connectivity index (χ0) is 18.3. The lowest BCUT2D eigenvalue weighted by molar-refractivity contribution is -0.127. The molecule has 26 heavy (non-hydrogen) atoms. The van der Waals surface area contributed by atoms with Gasteiger partial charge in [-0.2, -0.15) is 4.98 Å². The van der Waals surface area contributed by atoms with Crippen LogP contribution in [0.5, 0.6) is 0 Å². The molecule has 4 atom stereocenters. The Labute approximate surface area is 158 Å². The highest BCUT2D eigenvalue weighted by atomic mass is 32.1. The molecule has 2 aliphatic rings. The van der Waals surface area contributed by atoms with Crippen LogP contribution in [0.3, 0.4) is 0 Å². The molecule has 0 saturated heterocycles. The van der Waals surface area contributed by atoms with Gasteiger partial charge < -0.3 is 9.84 Å². The van der Waals surface area contributed by atoms with Crippen molar-refractivity contribution in [1.82, 2.24) is 15.5 Å². The number of hydrogen-bond acceptors (Lipinski definition) is 5. The van der Waals surface area contributed by atoms with Crippen molar-refractivity contribution in [2.24, 2.45) is 23.7 Å². The monoisotopic (exact) mass is 373 g/mol. The molecule has 1 N–H and O–H groups in total. The summed E-state index contributed by atoms with van der Waals surface area (Å²) in [6.07, 6.45) is 4.44. The van der Waals surface area contributed by atoms with Gasteiger partial charge in [-0.1, -0.05) is 19.0 Å². The van der Waals surface area contributed by atoms with Crippen LogP contribution in [0, 0.1) is 30.6 Å². The normalized spacial score (nSPS) is 27.4. The second-order valence-electron chi connectivity index (χ2n) is 8.22. The van der Waals surface area contributed by atoms with Crippen molar-refractivity contribution in [3.8, 4) is 10.7 Å². The zero-order valence-electron chi connectivity index (χ0n) is 15.7. The Morgan fingerprint density at radius 3 is 2.88 bits per heavy atom. The number of carbonyl (C=O) groups is 1. The number of carbonyl (C=O) groups excluding carboxylic acids is 1. The van der Waals surface area contributed by atoms with Crippen molar-refractivity contribution in [2.75, 3.05) is 6.54 Å². The van der Waals surface area contributed by atoms with Crippen LogP contribution in [0.1, 0.15) is 56.2 Å². The smallest absolute Gasteiger partial charge is 0.231 e. The zero-order valence-corrected chi connectivity index (χ0v) is 16.5. The van der Waals surface area contributed by atoms with E-state index in [9.17, 15) is 4.79 Å². The standard InChI is InChI=1S/C20H27N3O2S/c1-11(2)8-9-21-19(24)16-13-5-6-14(10-13)17(16)20-22-18(23-25-20)15-7-4-12(3)26-15/h4,7,11,13-14,16-17H,5-6,8-10H2,1-3H3,(H,21,24)/t13-,14+,16-,17-/m0/s1. The lowest BCUT2D eigenvalue weighted by Gasteiger charge is -2.27. The van der Waals surface area contributed by atoms with E-state index in [-0.39, 0.29) is 17.7 Å². The molecular weight excluding hydrogens is 346 g/mol. The van der Waals surface area contributed by atoms with Crippen LogP contribution < -0.4 is 5.32 Å². The minimum absolute atomic E-state index is 0.0146. The van der Waals surface area contributed by atoms with Crippen molar-refractivity contribution in [3.05, 3.63) is 22.9 Å². The number of amides is 1.